The third kappa shape index (κ3) is 3.87. The van der Waals surface area contributed by atoms with Crippen LogP contribution in [0, 0.1) is 0 Å². The lowest BCUT2D eigenvalue weighted by atomic mass is 10.1. The molecule has 0 bridgehead atoms. The molecule has 2 heterocycles. The number of carbonyl (C=O) groups excluding carboxylic acids is 1. The lowest BCUT2D eigenvalue weighted by Crippen LogP contribution is -2.46. The number of aromatic nitrogens is 1. The van der Waals surface area contributed by atoms with Crippen molar-refractivity contribution in [2.24, 2.45) is 5.73 Å². The fraction of sp³-hybridized carbons (Fsp3) is 0.455. The Labute approximate surface area is 124 Å². The van der Waals surface area contributed by atoms with Crippen molar-refractivity contribution in [2.45, 2.75) is 24.5 Å². The molecule has 122 valence electrons. The van der Waals surface area contributed by atoms with Gasteiger partial charge in [-0.2, -0.15) is 4.57 Å². The summed E-state index contributed by atoms with van der Waals surface area (Å²) >= 11 is 0. The molecule has 1 fully saturated rings. The van der Waals surface area contributed by atoms with Crippen LogP contribution in [0.25, 0.3) is 0 Å². The van der Waals surface area contributed by atoms with Crippen molar-refractivity contribution in [1.29, 1.82) is 0 Å². The van der Waals surface area contributed by atoms with Crippen molar-refractivity contribution in [1.82, 2.24) is 0 Å². The summed E-state index contributed by atoms with van der Waals surface area (Å²) in [4.78, 5) is 28.4. The summed E-state index contributed by atoms with van der Waals surface area (Å²) in [5.74, 6) is -0.677. The highest BCUT2D eigenvalue weighted by Crippen LogP contribution is 2.37. The maximum atomic E-state index is 11.1. The zero-order chi connectivity index (χ0) is 16.5. The van der Waals surface area contributed by atoms with Gasteiger partial charge in [-0.3, -0.25) is 9.32 Å². The Balaban J connectivity index is 2.14. The highest BCUT2D eigenvalue weighted by Gasteiger charge is 2.48. The van der Waals surface area contributed by atoms with E-state index < -0.39 is 44.9 Å². The molecule has 1 aromatic heterocycles. The first-order valence-corrected chi connectivity index (χ1v) is 7.74. The lowest BCUT2D eigenvalue weighted by Gasteiger charge is -2.13. The third-order valence-electron chi connectivity index (χ3n) is 3.14. The van der Waals surface area contributed by atoms with E-state index in [9.17, 15) is 19.6 Å². The Kier molecular flexibility index (Phi) is 4.93. The van der Waals surface area contributed by atoms with Gasteiger partial charge in [-0.25, -0.2) is 4.57 Å². The molecule has 0 radical (unpaired) electrons. The first-order valence-electron chi connectivity index (χ1n) is 6.21. The number of aliphatic hydroxyl groups is 2. The number of phosphoric ester groups is 1. The van der Waals surface area contributed by atoms with E-state index in [4.69, 9.17) is 20.3 Å². The summed E-state index contributed by atoms with van der Waals surface area (Å²) in [6, 6.07) is 2.97. The maximum Gasteiger partial charge on any atom is 0.469 e. The number of ether oxygens (including phenoxy) is 1. The predicted molar refractivity (Wildman–Crippen MR) is 69.1 cm³/mol. The summed E-state index contributed by atoms with van der Waals surface area (Å²) < 4.78 is 21.6. The summed E-state index contributed by atoms with van der Waals surface area (Å²) in [5.41, 5.74) is 5.32. The number of carbonyl (C=O) groups is 1. The highest BCUT2D eigenvalue weighted by molar-refractivity contribution is 7.46. The van der Waals surface area contributed by atoms with Crippen LogP contribution in [0.4, 0.5) is 0 Å². The van der Waals surface area contributed by atoms with Crippen LogP contribution in [-0.4, -0.2) is 50.8 Å². The monoisotopic (exact) mass is 335 g/mol. The molecule has 1 amide bonds. The summed E-state index contributed by atoms with van der Waals surface area (Å²) in [6.07, 6.45) is -2.18. The largest absolute Gasteiger partial charge is 0.469 e. The lowest BCUT2D eigenvalue weighted by molar-refractivity contribution is -0.765. The van der Waals surface area contributed by atoms with E-state index in [2.05, 4.69) is 4.52 Å². The summed E-state index contributed by atoms with van der Waals surface area (Å²) in [6.45, 7) is -0.602. The molecule has 2 unspecified atom stereocenters. The van der Waals surface area contributed by atoms with Crippen LogP contribution in [0.1, 0.15) is 16.6 Å². The molecule has 22 heavy (non-hydrogen) atoms. The van der Waals surface area contributed by atoms with Crippen LogP contribution in [0.5, 0.6) is 0 Å². The van der Waals surface area contributed by atoms with Crippen LogP contribution in [-0.2, 0) is 13.8 Å². The van der Waals surface area contributed by atoms with Crippen LogP contribution in [0.3, 0.4) is 0 Å². The van der Waals surface area contributed by atoms with Crippen molar-refractivity contribution in [3.8, 4) is 0 Å². The number of rotatable bonds is 5. The summed E-state index contributed by atoms with van der Waals surface area (Å²) in [5, 5.41) is 19.8. The quantitative estimate of drug-likeness (QED) is 0.299. The average Bonchev–Trinajstić information content (AvgIpc) is 2.72. The standard InChI is InChI=1S/C11H15N2O8P/c12-10(16)6-2-1-3-13(4-6)11-9(15)8(14)7(21-11)5-20-22(17,18)19/h1-4,7-9,11,14-15H,5H2,(H3-,12,16,17,18,19)/p+1/t7-,8?,9+,11?/m0/s1. The van der Waals surface area contributed by atoms with Gasteiger partial charge in [0, 0.05) is 6.07 Å². The second-order valence-corrected chi connectivity index (χ2v) is 5.98. The molecule has 1 aliphatic heterocycles. The van der Waals surface area contributed by atoms with E-state index in [-0.39, 0.29) is 5.56 Å². The number of nitrogens with zero attached hydrogens (tertiary/aromatic N) is 1. The van der Waals surface area contributed by atoms with Gasteiger partial charge in [0.15, 0.2) is 18.5 Å². The maximum absolute atomic E-state index is 11.1. The first kappa shape index (κ1) is 17.0. The van der Waals surface area contributed by atoms with E-state index in [0.29, 0.717) is 0 Å². The third-order valence-corrected chi connectivity index (χ3v) is 3.63. The number of pyridine rings is 1. The fourth-order valence-electron chi connectivity index (χ4n) is 2.08. The Hall–Kier alpha value is -1.39. The zero-order valence-corrected chi connectivity index (χ0v) is 12.1. The van der Waals surface area contributed by atoms with E-state index in [1.165, 1.54) is 29.1 Å². The number of primary amides is 1. The second-order valence-electron chi connectivity index (χ2n) is 4.74. The molecule has 0 spiro atoms. The van der Waals surface area contributed by atoms with Crippen molar-refractivity contribution in [3.05, 3.63) is 30.1 Å². The van der Waals surface area contributed by atoms with Crippen molar-refractivity contribution < 1.29 is 43.2 Å². The van der Waals surface area contributed by atoms with Gasteiger partial charge in [0.25, 0.3) is 12.1 Å². The van der Waals surface area contributed by atoms with Crippen LogP contribution in [0.15, 0.2) is 24.5 Å². The molecular formula is C11H16N2O8P+. The molecule has 0 aromatic carbocycles. The van der Waals surface area contributed by atoms with Gasteiger partial charge < -0.3 is 30.5 Å². The minimum Gasteiger partial charge on any atom is -0.387 e. The first-order chi connectivity index (χ1) is 10.2. The van der Waals surface area contributed by atoms with Crippen molar-refractivity contribution in [2.75, 3.05) is 6.61 Å². The van der Waals surface area contributed by atoms with Gasteiger partial charge >= 0.3 is 7.82 Å². The molecule has 1 saturated heterocycles. The van der Waals surface area contributed by atoms with Gasteiger partial charge in [0.05, 0.1) is 6.61 Å². The van der Waals surface area contributed by atoms with E-state index in [0.717, 1.165) is 0 Å². The van der Waals surface area contributed by atoms with E-state index >= 15 is 0 Å². The van der Waals surface area contributed by atoms with Crippen LogP contribution >= 0.6 is 7.82 Å². The SMILES string of the molecule is NC(=O)c1ccc[n+](C2O[C@@H](COP(=O)(O)O)C(O)[C@H]2O)c1. The average molecular weight is 335 g/mol. The van der Waals surface area contributed by atoms with Crippen molar-refractivity contribution >= 4 is 13.7 Å². The Morgan fingerprint density at radius 3 is 2.68 bits per heavy atom. The minimum atomic E-state index is -4.72. The molecule has 4 atom stereocenters. The normalized spacial score (nSPS) is 28.7. The molecule has 1 aliphatic rings. The minimum absolute atomic E-state index is 0.169. The predicted octanol–water partition coefficient (Wildman–Crippen LogP) is -2.20. The number of amides is 1. The molecule has 1 aromatic rings. The molecule has 11 heteroatoms. The number of hydrogen-bond donors (Lipinski definition) is 5. The van der Waals surface area contributed by atoms with Gasteiger partial charge in [0.1, 0.15) is 17.8 Å². The number of aliphatic hydroxyl groups excluding tert-OH is 2. The van der Waals surface area contributed by atoms with Gasteiger partial charge in [-0.15, -0.1) is 0 Å². The highest BCUT2D eigenvalue weighted by atomic mass is 31.2. The Morgan fingerprint density at radius 2 is 2.09 bits per heavy atom. The van der Waals surface area contributed by atoms with Gasteiger partial charge in [-0.05, 0) is 6.07 Å². The van der Waals surface area contributed by atoms with Crippen molar-refractivity contribution in [3.63, 3.8) is 0 Å². The zero-order valence-electron chi connectivity index (χ0n) is 11.2. The Morgan fingerprint density at radius 1 is 1.41 bits per heavy atom. The molecular weight excluding hydrogens is 319 g/mol. The van der Waals surface area contributed by atoms with Gasteiger partial charge in [0.2, 0.25) is 0 Å². The van der Waals surface area contributed by atoms with Crippen LogP contribution < -0.4 is 10.3 Å². The van der Waals surface area contributed by atoms with Gasteiger partial charge in [-0.1, -0.05) is 0 Å². The fourth-order valence-corrected chi connectivity index (χ4v) is 2.42. The number of hydrogen-bond acceptors (Lipinski definition) is 6. The van der Waals surface area contributed by atoms with E-state index in [1.807, 2.05) is 0 Å². The molecule has 0 saturated carbocycles. The molecule has 2 rings (SSSR count). The molecule has 6 N–H and O–H groups in total. The molecule has 10 nitrogen and oxygen atoms in total. The van der Waals surface area contributed by atoms with E-state index in [1.54, 1.807) is 0 Å². The number of phosphoric acid groups is 1. The Bertz CT molecular complexity index is 606. The van der Waals surface area contributed by atoms with Crippen LogP contribution in [0.2, 0.25) is 0 Å². The molecule has 0 aliphatic carbocycles. The topological polar surface area (TPSA) is 163 Å². The summed E-state index contributed by atoms with van der Waals surface area (Å²) in [7, 11) is -4.72. The second kappa shape index (κ2) is 6.39. The smallest absolute Gasteiger partial charge is 0.387 e. The number of nitrogens with two attached hydrogens (primary N) is 1.